The fourth-order valence-corrected chi connectivity index (χ4v) is 1.67. The highest BCUT2D eigenvalue weighted by Gasteiger charge is 2.15. The normalized spacial score (nSPS) is 12.4. The van der Waals surface area contributed by atoms with Crippen LogP contribution in [0, 0.1) is 12.7 Å². The Morgan fingerprint density at radius 2 is 2.12 bits per heavy atom. The fraction of sp³-hybridized carbons (Fsp3) is 0.167. The molecule has 0 aliphatic heterocycles. The van der Waals surface area contributed by atoms with Crippen LogP contribution in [-0.4, -0.2) is 9.97 Å². The lowest BCUT2D eigenvalue weighted by atomic mass is 10.0. The predicted octanol–water partition coefficient (Wildman–Crippen LogP) is 1.48. The average molecular weight is 232 g/mol. The highest BCUT2D eigenvalue weighted by atomic mass is 19.1. The SMILES string of the molecule is Cc1ccncc1C(NN)c1ccc(F)cn1. The molecule has 1 unspecified atom stereocenters. The Labute approximate surface area is 98.7 Å². The van der Waals surface area contributed by atoms with E-state index in [0.717, 1.165) is 11.1 Å². The molecule has 1 atom stereocenters. The molecule has 88 valence electrons. The van der Waals surface area contributed by atoms with Crippen LogP contribution in [0.2, 0.25) is 0 Å². The first-order valence-electron chi connectivity index (χ1n) is 5.20. The molecule has 5 heteroatoms. The van der Waals surface area contributed by atoms with Crippen molar-refractivity contribution in [3.63, 3.8) is 0 Å². The van der Waals surface area contributed by atoms with E-state index >= 15 is 0 Å². The Hall–Kier alpha value is -1.85. The third-order valence-electron chi connectivity index (χ3n) is 2.60. The molecule has 2 aromatic rings. The summed E-state index contributed by atoms with van der Waals surface area (Å²) in [5, 5.41) is 0. The molecular formula is C12H13FN4. The maximum atomic E-state index is 12.8. The summed E-state index contributed by atoms with van der Waals surface area (Å²) in [5.41, 5.74) is 5.30. The predicted molar refractivity (Wildman–Crippen MR) is 62.3 cm³/mol. The summed E-state index contributed by atoms with van der Waals surface area (Å²) in [4.78, 5) is 8.08. The topological polar surface area (TPSA) is 63.8 Å². The van der Waals surface area contributed by atoms with Crippen LogP contribution in [0.25, 0.3) is 0 Å². The van der Waals surface area contributed by atoms with Gasteiger partial charge < -0.3 is 0 Å². The monoisotopic (exact) mass is 232 g/mol. The third-order valence-corrected chi connectivity index (χ3v) is 2.60. The van der Waals surface area contributed by atoms with Crippen LogP contribution in [0.1, 0.15) is 22.9 Å². The number of hydrogen-bond acceptors (Lipinski definition) is 4. The van der Waals surface area contributed by atoms with Gasteiger partial charge in [0.1, 0.15) is 5.82 Å². The number of hydrogen-bond donors (Lipinski definition) is 2. The smallest absolute Gasteiger partial charge is 0.141 e. The largest absolute Gasteiger partial charge is 0.271 e. The number of pyridine rings is 2. The number of aromatic nitrogens is 2. The minimum Gasteiger partial charge on any atom is -0.271 e. The highest BCUT2D eigenvalue weighted by molar-refractivity contribution is 5.31. The zero-order chi connectivity index (χ0) is 12.3. The van der Waals surface area contributed by atoms with Crippen molar-refractivity contribution < 1.29 is 4.39 Å². The van der Waals surface area contributed by atoms with Gasteiger partial charge in [0.25, 0.3) is 0 Å². The van der Waals surface area contributed by atoms with Crippen molar-refractivity contribution >= 4 is 0 Å². The summed E-state index contributed by atoms with van der Waals surface area (Å²) >= 11 is 0. The van der Waals surface area contributed by atoms with Gasteiger partial charge in [0, 0.05) is 12.4 Å². The molecule has 0 spiro atoms. The first kappa shape index (κ1) is 11.6. The van der Waals surface area contributed by atoms with Crippen LogP contribution in [-0.2, 0) is 0 Å². The molecule has 2 aromatic heterocycles. The molecule has 3 N–H and O–H groups in total. The molecule has 4 nitrogen and oxygen atoms in total. The lowest BCUT2D eigenvalue weighted by molar-refractivity contribution is 0.594. The molecule has 0 aliphatic carbocycles. The van der Waals surface area contributed by atoms with Gasteiger partial charge in [0.05, 0.1) is 17.9 Å². The van der Waals surface area contributed by atoms with E-state index in [4.69, 9.17) is 5.84 Å². The van der Waals surface area contributed by atoms with Crippen molar-refractivity contribution in [3.8, 4) is 0 Å². The first-order valence-corrected chi connectivity index (χ1v) is 5.20. The summed E-state index contributed by atoms with van der Waals surface area (Å²) in [6, 6.07) is 4.57. The van der Waals surface area contributed by atoms with Gasteiger partial charge in [-0.1, -0.05) is 0 Å². The number of nitrogens with zero attached hydrogens (tertiary/aromatic N) is 2. The van der Waals surface area contributed by atoms with Crippen LogP contribution in [0.15, 0.2) is 36.8 Å². The van der Waals surface area contributed by atoms with Crippen LogP contribution in [0.5, 0.6) is 0 Å². The van der Waals surface area contributed by atoms with Crippen LogP contribution < -0.4 is 11.3 Å². The number of nitrogens with two attached hydrogens (primary N) is 1. The van der Waals surface area contributed by atoms with E-state index in [-0.39, 0.29) is 11.9 Å². The average Bonchev–Trinajstić information content (AvgIpc) is 2.35. The second-order valence-corrected chi connectivity index (χ2v) is 3.73. The first-order chi connectivity index (χ1) is 8.22. The number of halogens is 1. The van der Waals surface area contributed by atoms with Gasteiger partial charge in [-0.05, 0) is 36.2 Å². The van der Waals surface area contributed by atoms with Crippen molar-refractivity contribution in [2.75, 3.05) is 0 Å². The van der Waals surface area contributed by atoms with Crippen LogP contribution >= 0.6 is 0 Å². The zero-order valence-electron chi connectivity index (χ0n) is 9.39. The van der Waals surface area contributed by atoms with E-state index in [9.17, 15) is 4.39 Å². The number of nitrogens with one attached hydrogen (secondary N) is 1. The summed E-state index contributed by atoms with van der Waals surface area (Å²) in [6.07, 6.45) is 4.61. The highest BCUT2D eigenvalue weighted by Crippen LogP contribution is 2.21. The molecule has 0 bridgehead atoms. The Bertz CT molecular complexity index is 498. The van der Waals surface area contributed by atoms with Gasteiger partial charge >= 0.3 is 0 Å². The van der Waals surface area contributed by atoms with E-state index in [1.165, 1.54) is 12.3 Å². The zero-order valence-corrected chi connectivity index (χ0v) is 9.39. The molecule has 2 heterocycles. The van der Waals surface area contributed by atoms with Crippen molar-refractivity contribution in [2.45, 2.75) is 13.0 Å². The molecule has 0 saturated heterocycles. The van der Waals surface area contributed by atoms with Crippen LogP contribution in [0.3, 0.4) is 0 Å². The second kappa shape index (κ2) is 4.99. The minimum absolute atomic E-state index is 0.288. The Morgan fingerprint density at radius 3 is 2.71 bits per heavy atom. The van der Waals surface area contributed by atoms with Gasteiger partial charge in [-0.25, -0.2) is 9.82 Å². The van der Waals surface area contributed by atoms with Gasteiger partial charge in [-0.3, -0.25) is 15.8 Å². The number of aryl methyl sites for hydroxylation is 1. The Balaban J connectivity index is 2.40. The molecule has 0 fully saturated rings. The third kappa shape index (κ3) is 2.46. The van der Waals surface area contributed by atoms with E-state index in [0.29, 0.717) is 5.69 Å². The van der Waals surface area contributed by atoms with E-state index in [1.54, 1.807) is 18.5 Å². The molecular weight excluding hydrogens is 219 g/mol. The van der Waals surface area contributed by atoms with E-state index < -0.39 is 0 Å². The quantitative estimate of drug-likeness (QED) is 0.621. The minimum atomic E-state index is -0.368. The molecule has 2 rings (SSSR count). The summed E-state index contributed by atoms with van der Waals surface area (Å²) in [5.74, 6) is 5.16. The van der Waals surface area contributed by atoms with Gasteiger partial charge in [-0.15, -0.1) is 0 Å². The number of hydrazine groups is 1. The molecule has 0 amide bonds. The standard InChI is InChI=1S/C12H13FN4/c1-8-4-5-15-7-10(8)12(17-14)11-3-2-9(13)6-16-11/h2-7,12,17H,14H2,1H3. The lowest BCUT2D eigenvalue weighted by Crippen LogP contribution is -2.30. The van der Waals surface area contributed by atoms with Crippen molar-refractivity contribution in [1.29, 1.82) is 0 Å². The maximum Gasteiger partial charge on any atom is 0.141 e. The van der Waals surface area contributed by atoms with E-state index in [1.807, 2.05) is 13.0 Å². The summed E-state index contributed by atoms with van der Waals surface area (Å²) < 4.78 is 12.8. The van der Waals surface area contributed by atoms with Crippen molar-refractivity contribution in [2.24, 2.45) is 5.84 Å². The fourth-order valence-electron chi connectivity index (χ4n) is 1.67. The molecule has 0 aliphatic rings. The number of rotatable bonds is 3. The summed E-state index contributed by atoms with van der Waals surface area (Å²) in [7, 11) is 0. The van der Waals surface area contributed by atoms with Crippen molar-refractivity contribution in [3.05, 3.63) is 59.4 Å². The summed E-state index contributed by atoms with van der Waals surface area (Å²) in [6.45, 7) is 1.96. The second-order valence-electron chi connectivity index (χ2n) is 3.73. The van der Waals surface area contributed by atoms with Crippen LogP contribution in [0.4, 0.5) is 4.39 Å². The molecule has 0 radical (unpaired) electrons. The maximum absolute atomic E-state index is 12.8. The van der Waals surface area contributed by atoms with Gasteiger partial charge in [-0.2, -0.15) is 0 Å². The molecule has 17 heavy (non-hydrogen) atoms. The van der Waals surface area contributed by atoms with Gasteiger partial charge in [0.2, 0.25) is 0 Å². The lowest BCUT2D eigenvalue weighted by Gasteiger charge is -2.17. The Kier molecular flexibility index (Phi) is 3.41. The van der Waals surface area contributed by atoms with Gasteiger partial charge in [0.15, 0.2) is 0 Å². The molecule has 0 saturated carbocycles. The Morgan fingerprint density at radius 1 is 1.29 bits per heavy atom. The molecule has 0 aromatic carbocycles. The van der Waals surface area contributed by atoms with E-state index in [2.05, 4.69) is 15.4 Å². The van der Waals surface area contributed by atoms with Crippen molar-refractivity contribution in [1.82, 2.24) is 15.4 Å².